The summed E-state index contributed by atoms with van der Waals surface area (Å²) in [5.41, 5.74) is 0. The van der Waals surface area contributed by atoms with Crippen molar-refractivity contribution in [3.8, 4) is 0 Å². The summed E-state index contributed by atoms with van der Waals surface area (Å²) in [6.45, 7) is 6.92. The fourth-order valence-electron chi connectivity index (χ4n) is 1.92. The first kappa shape index (κ1) is 27.5. The molecule has 0 aliphatic carbocycles. The second kappa shape index (κ2) is 29.7. The second-order valence-corrected chi connectivity index (χ2v) is 4.95. The molecule has 0 amide bonds. The molecule has 0 bridgehead atoms. The first-order valence-corrected chi connectivity index (χ1v) is 8.74. The molecule has 0 saturated carbocycles. The van der Waals surface area contributed by atoms with E-state index in [9.17, 15) is 4.79 Å². The van der Waals surface area contributed by atoms with Crippen molar-refractivity contribution in [1.29, 1.82) is 0 Å². The fourth-order valence-corrected chi connectivity index (χ4v) is 1.92. The van der Waals surface area contributed by atoms with Gasteiger partial charge in [-0.05, 0) is 6.42 Å². The monoisotopic (exact) mass is 377 g/mol. The summed E-state index contributed by atoms with van der Waals surface area (Å²) in [6.07, 6.45) is 12.6. The SMILES string of the molecule is [CH2-]CCCCCCCCCCCC(=O)OCCO.[CH2-]CO.[O]=[Co]. The van der Waals surface area contributed by atoms with Crippen LogP contribution in [0.25, 0.3) is 0 Å². The molecule has 143 valence electrons. The van der Waals surface area contributed by atoms with Crippen LogP contribution in [-0.4, -0.2) is 36.0 Å². The Bertz CT molecular complexity index is 215. The third kappa shape index (κ3) is 34.2. The Morgan fingerprint density at radius 2 is 1.22 bits per heavy atom. The van der Waals surface area contributed by atoms with E-state index in [4.69, 9.17) is 18.8 Å². The number of carbonyl (C=O) groups is 1. The van der Waals surface area contributed by atoms with Crippen LogP contribution in [0.1, 0.15) is 70.6 Å². The molecule has 0 aromatic rings. The van der Waals surface area contributed by atoms with Gasteiger partial charge in [0, 0.05) is 6.42 Å². The number of hydrogen-bond donors (Lipinski definition) is 2. The van der Waals surface area contributed by atoms with E-state index in [1.54, 1.807) is 0 Å². The summed E-state index contributed by atoms with van der Waals surface area (Å²) in [6, 6.07) is 0. The molecular weight excluding hydrogens is 343 g/mol. The van der Waals surface area contributed by atoms with Crippen molar-refractivity contribution in [1.82, 2.24) is 0 Å². The molecule has 0 aromatic heterocycles. The van der Waals surface area contributed by atoms with E-state index in [1.807, 2.05) is 0 Å². The maximum atomic E-state index is 11.1. The molecule has 0 radical (unpaired) electrons. The molecule has 23 heavy (non-hydrogen) atoms. The maximum absolute atomic E-state index is 11.1. The molecular formula is C17H34CoO5-2. The number of rotatable bonds is 13. The van der Waals surface area contributed by atoms with Crippen molar-refractivity contribution >= 4 is 5.97 Å². The van der Waals surface area contributed by atoms with Crippen LogP contribution in [0.4, 0.5) is 0 Å². The van der Waals surface area contributed by atoms with Gasteiger partial charge in [-0.2, -0.15) is 6.42 Å². The van der Waals surface area contributed by atoms with Gasteiger partial charge in [0.25, 0.3) is 0 Å². The van der Waals surface area contributed by atoms with Crippen LogP contribution in [0.3, 0.4) is 0 Å². The summed E-state index contributed by atoms with van der Waals surface area (Å²) in [4.78, 5) is 11.1. The Hall–Kier alpha value is -0.304. The summed E-state index contributed by atoms with van der Waals surface area (Å²) >= 11 is 2.31. The number of aliphatic hydroxyl groups is 2. The Labute approximate surface area is 150 Å². The van der Waals surface area contributed by atoms with Crippen LogP contribution in [-0.2, 0) is 29.1 Å². The van der Waals surface area contributed by atoms with E-state index in [0.717, 1.165) is 19.3 Å². The molecule has 0 rings (SSSR count). The van der Waals surface area contributed by atoms with Gasteiger partial charge in [0.1, 0.15) is 6.61 Å². The number of hydrogen-bond acceptors (Lipinski definition) is 5. The molecule has 0 aliphatic heterocycles. The molecule has 2 N–H and O–H groups in total. The van der Waals surface area contributed by atoms with E-state index >= 15 is 0 Å². The van der Waals surface area contributed by atoms with E-state index < -0.39 is 0 Å². The molecule has 0 saturated heterocycles. The normalized spacial score (nSPS) is 9.26. The predicted molar refractivity (Wildman–Crippen MR) is 87.3 cm³/mol. The molecule has 0 spiro atoms. The Morgan fingerprint density at radius 3 is 1.61 bits per heavy atom. The van der Waals surface area contributed by atoms with Crippen LogP contribution in [0.5, 0.6) is 0 Å². The van der Waals surface area contributed by atoms with Crippen LogP contribution in [0.15, 0.2) is 0 Å². The van der Waals surface area contributed by atoms with E-state index in [2.05, 4.69) is 29.5 Å². The third-order valence-electron chi connectivity index (χ3n) is 2.99. The fraction of sp³-hybridized carbons (Fsp3) is 0.824. The Kier molecular flexibility index (Phi) is 35.5. The molecule has 0 unspecified atom stereocenters. The average Bonchev–Trinajstić information content (AvgIpc) is 2.57. The standard InChI is InChI=1S/C15H29O3.C2H5O.Co.O/c1-2-3-4-5-6-7-8-9-10-11-12-15(17)18-14-13-16;1-2-3;;/h16H,1-14H2;3H,1-2H2;;/q2*-1;;. The Balaban J connectivity index is -0.000000710. The van der Waals surface area contributed by atoms with Gasteiger partial charge >= 0.3 is 25.5 Å². The van der Waals surface area contributed by atoms with Gasteiger partial charge in [-0.25, -0.2) is 0 Å². The van der Waals surface area contributed by atoms with Crippen molar-refractivity contribution in [3.05, 3.63) is 13.8 Å². The topological polar surface area (TPSA) is 83.8 Å². The summed E-state index contributed by atoms with van der Waals surface area (Å²) in [5, 5.41) is 15.9. The summed E-state index contributed by atoms with van der Waals surface area (Å²) < 4.78 is 12.7. The molecule has 6 heteroatoms. The molecule has 0 aliphatic rings. The van der Waals surface area contributed by atoms with E-state index in [1.165, 1.54) is 44.9 Å². The zero-order valence-corrected chi connectivity index (χ0v) is 15.3. The van der Waals surface area contributed by atoms with Gasteiger partial charge in [0.2, 0.25) is 0 Å². The summed E-state index contributed by atoms with van der Waals surface area (Å²) in [7, 11) is 0. The van der Waals surface area contributed by atoms with Crippen molar-refractivity contribution < 1.29 is 39.3 Å². The Morgan fingerprint density at radius 1 is 0.826 bits per heavy atom. The van der Waals surface area contributed by atoms with Crippen LogP contribution >= 0.6 is 0 Å². The first-order valence-electron chi connectivity index (χ1n) is 8.32. The second-order valence-electron chi connectivity index (χ2n) is 4.95. The minimum absolute atomic E-state index is 0. The number of esters is 1. The van der Waals surface area contributed by atoms with Crippen molar-refractivity contribution in [2.45, 2.75) is 70.6 Å². The van der Waals surface area contributed by atoms with E-state index in [-0.39, 0.29) is 25.8 Å². The van der Waals surface area contributed by atoms with E-state index in [0.29, 0.717) is 6.42 Å². The average molecular weight is 377 g/mol. The van der Waals surface area contributed by atoms with Gasteiger partial charge in [0.15, 0.2) is 0 Å². The van der Waals surface area contributed by atoms with Crippen molar-refractivity contribution in [2.24, 2.45) is 0 Å². The van der Waals surface area contributed by atoms with Gasteiger partial charge < -0.3 is 28.8 Å². The van der Waals surface area contributed by atoms with Gasteiger partial charge in [0.05, 0.1) is 6.61 Å². The van der Waals surface area contributed by atoms with Crippen LogP contribution in [0.2, 0.25) is 0 Å². The van der Waals surface area contributed by atoms with Crippen molar-refractivity contribution in [2.75, 3.05) is 19.8 Å². The number of aliphatic hydroxyl groups excluding tert-OH is 2. The predicted octanol–water partition coefficient (Wildman–Crippen LogP) is 3.34. The van der Waals surface area contributed by atoms with Crippen molar-refractivity contribution in [3.63, 3.8) is 0 Å². The zero-order chi connectivity index (χ0) is 18.2. The van der Waals surface area contributed by atoms with Crippen LogP contribution in [0, 0.1) is 13.8 Å². The molecule has 5 nitrogen and oxygen atoms in total. The number of ether oxygens (including phenoxy) is 1. The third-order valence-corrected chi connectivity index (χ3v) is 2.99. The molecule has 0 atom stereocenters. The molecule has 0 heterocycles. The number of unbranched alkanes of at least 4 members (excludes halogenated alkanes) is 9. The van der Waals surface area contributed by atoms with Gasteiger partial charge in [-0.15, -0.1) is 0 Å². The first-order chi connectivity index (χ1) is 11.2. The zero-order valence-electron chi connectivity index (χ0n) is 14.3. The van der Waals surface area contributed by atoms with Gasteiger partial charge in [-0.1, -0.05) is 58.0 Å². The quantitative estimate of drug-likeness (QED) is 0.292. The molecule has 0 aromatic carbocycles. The molecule has 0 fully saturated rings. The number of carbonyl (C=O) groups excluding carboxylic acids is 1. The van der Waals surface area contributed by atoms with Gasteiger partial charge in [-0.3, -0.25) is 4.79 Å². The summed E-state index contributed by atoms with van der Waals surface area (Å²) in [5.74, 6) is -0.183. The van der Waals surface area contributed by atoms with Crippen LogP contribution < -0.4 is 0 Å². The minimum atomic E-state index is -0.183.